The van der Waals surface area contributed by atoms with Crippen LogP contribution in [0.4, 0.5) is 17.3 Å². The Balaban J connectivity index is 1.28. The van der Waals surface area contributed by atoms with E-state index in [-0.39, 0.29) is 0 Å². The Morgan fingerprint density at radius 2 is 1.24 bits per heavy atom. The van der Waals surface area contributed by atoms with Gasteiger partial charge in [0, 0.05) is 39.2 Å². The number of pyridine rings is 2. The summed E-state index contributed by atoms with van der Waals surface area (Å²) in [6, 6.07) is 45.3. The number of benzene rings is 5. The Kier molecular flexibility index (Phi) is 7.33. The second kappa shape index (κ2) is 12.4. The van der Waals surface area contributed by atoms with Gasteiger partial charge in [-0.1, -0.05) is 141 Å². The van der Waals surface area contributed by atoms with Crippen LogP contribution in [-0.4, -0.2) is 24.9 Å². The molecular formula is C45H30N6. The Morgan fingerprint density at radius 1 is 0.569 bits per heavy atom. The molecule has 0 saturated heterocycles. The van der Waals surface area contributed by atoms with E-state index < -0.39 is 0 Å². The molecule has 0 radical (unpaired) electrons. The predicted octanol–water partition coefficient (Wildman–Crippen LogP) is 11.2. The average Bonchev–Trinajstić information content (AvgIpc) is 3.20. The third-order valence-electron chi connectivity index (χ3n) is 9.23. The summed E-state index contributed by atoms with van der Waals surface area (Å²) in [5.41, 5.74) is 10.4. The molecule has 9 rings (SSSR count). The standard InChI is InChI=1S/C45H30N6/c1-3-15-29(4-2)32-20-13-21-33(26-32)34-27-37-35-23-14-25-39-40(35)41(47-44(37)46-28-34)36-22-11-12-24-38(36)51(39)45-49-42(30-16-7-5-8-17-30)48-43(50-45)31-18-9-6-10-19-31/h3-28H,1-2H2/b29-15+. The highest BCUT2D eigenvalue weighted by molar-refractivity contribution is 6.19. The summed E-state index contributed by atoms with van der Waals surface area (Å²) in [5, 5.41) is 3.03. The van der Waals surface area contributed by atoms with Crippen LogP contribution < -0.4 is 4.90 Å². The fraction of sp³-hybridized carbons (Fsp3) is 0. The molecule has 5 aromatic carbocycles. The van der Waals surface area contributed by atoms with Crippen LogP contribution in [0.5, 0.6) is 0 Å². The zero-order chi connectivity index (χ0) is 34.3. The van der Waals surface area contributed by atoms with E-state index in [1.807, 2.05) is 91.1 Å². The van der Waals surface area contributed by atoms with Gasteiger partial charge in [-0.25, -0.2) is 15.0 Å². The van der Waals surface area contributed by atoms with E-state index in [9.17, 15) is 0 Å². The monoisotopic (exact) mass is 654 g/mol. The molecule has 6 nitrogen and oxygen atoms in total. The van der Waals surface area contributed by atoms with Crippen LogP contribution in [0, 0.1) is 0 Å². The second-order valence-corrected chi connectivity index (χ2v) is 12.3. The van der Waals surface area contributed by atoms with Crippen LogP contribution in [-0.2, 0) is 0 Å². The molecule has 0 amide bonds. The first kappa shape index (κ1) is 30.0. The highest BCUT2D eigenvalue weighted by Crippen LogP contribution is 2.50. The number of fused-ring (bicyclic) bond motifs is 4. The molecule has 0 fully saturated rings. The van der Waals surface area contributed by atoms with Crippen LogP contribution >= 0.6 is 0 Å². The molecule has 0 unspecified atom stereocenters. The molecule has 0 spiro atoms. The minimum atomic E-state index is 0.530. The fourth-order valence-corrected chi connectivity index (χ4v) is 6.86. The van der Waals surface area contributed by atoms with Gasteiger partial charge in [-0.15, -0.1) is 0 Å². The summed E-state index contributed by atoms with van der Waals surface area (Å²) in [6.07, 6.45) is 7.50. The number of nitrogens with zero attached hydrogens (tertiary/aromatic N) is 6. The molecule has 0 N–H and O–H groups in total. The normalized spacial score (nSPS) is 12.2. The lowest BCUT2D eigenvalue weighted by molar-refractivity contribution is 1.02. The summed E-state index contributed by atoms with van der Waals surface area (Å²) in [5.74, 6) is 1.73. The van der Waals surface area contributed by atoms with Crippen molar-refractivity contribution >= 4 is 44.7 Å². The Bertz CT molecular complexity index is 2620. The van der Waals surface area contributed by atoms with Crippen molar-refractivity contribution in [1.29, 1.82) is 0 Å². The van der Waals surface area contributed by atoms with Gasteiger partial charge in [-0.3, -0.25) is 4.90 Å². The van der Waals surface area contributed by atoms with E-state index in [0.717, 1.165) is 72.2 Å². The van der Waals surface area contributed by atoms with E-state index in [1.54, 1.807) is 6.08 Å². The highest BCUT2D eigenvalue weighted by atomic mass is 15.3. The van der Waals surface area contributed by atoms with E-state index in [2.05, 4.69) is 78.7 Å². The second-order valence-electron chi connectivity index (χ2n) is 12.3. The van der Waals surface area contributed by atoms with Crippen molar-refractivity contribution in [3.63, 3.8) is 0 Å². The highest BCUT2D eigenvalue weighted by Gasteiger charge is 2.30. The van der Waals surface area contributed by atoms with Crippen molar-refractivity contribution in [3.8, 4) is 45.2 Å². The van der Waals surface area contributed by atoms with Gasteiger partial charge in [0.15, 0.2) is 17.3 Å². The summed E-state index contributed by atoms with van der Waals surface area (Å²) in [4.78, 5) is 27.5. The zero-order valence-electron chi connectivity index (χ0n) is 27.6. The van der Waals surface area contributed by atoms with Crippen molar-refractivity contribution in [1.82, 2.24) is 24.9 Å². The minimum Gasteiger partial charge on any atom is -0.278 e. The first-order valence-electron chi connectivity index (χ1n) is 16.7. The summed E-state index contributed by atoms with van der Waals surface area (Å²) in [7, 11) is 0. The van der Waals surface area contributed by atoms with Gasteiger partial charge in [0.1, 0.15) is 0 Å². The smallest absolute Gasteiger partial charge is 0.238 e. The lowest BCUT2D eigenvalue weighted by Crippen LogP contribution is -2.19. The van der Waals surface area contributed by atoms with Gasteiger partial charge >= 0.3 is 0 Å². The maximum Gasteiger partial charge on any atom is 0.238 e. The van der Waals surface area contributed by atoms with Crippen molar-refractivity contribution in [2.24, 2.45) is 0 Å². The molecule has 0 saturated carbocycles. The minimum absolute atomic E-state index is 0.530. The van der Waals surface area contributed by atoms with E-state index in [0.29, 0.717) is 23.2 Å². The quantitative estimate of drug-likeness (QED) is 0.126. The molecule has 0 aliphatic carbocycles. The Morgan fingerprint density at radius 3 is 1.96 bits per heavy atom. The van der Waals surface area contributed by atoms with Crippen molar-refractivity contribution < 1.29 is 0 Å². The topological polar surface area (TPSA) is 67.7 Å². The number of aromatic nitrogens is 5. The van der Waals surface area contributed by atoms with Gasteiger partial charge in [-0.2, -0.15) is 9.97 Å². The first-order valence-corrected chi connectivity index (χ1v) is 16.7. The number of anilines is 3. The average molecular weight is 655 g/mol. The van der Waals surface area contributed by atoms with Gasteiger partial charge in [0.2, 0.25) is 5.95 Å². The van der Waals surface area contributed by atoms with Crippen LogP contribution in [0.15, 0.2) is 171 Å². The molecule has 8 aromatic rings. The molecule has 3 aromatic heterocycles. The molecule has 0 atom stereocenters. The molecule has 6 heteroatoms. The third-order valence-corrected chi connectivity index (χ3v) is 9.23. The molecule has 1 aliphatic rings. The van der Waals surface area contributed by atoms with Crippen LogP contribution in [0.25, 0.3) is 72.5 Å². The molecule has 51 heavy (non-hydrogen) atoms. The van der Waals surface area contributed by atoms with Gasteiger partial charge in [-0.05, 0) is 46.4 Å². The van der Waals surface area contributed by atoms with Crippen LogP contribution in [0.2, 0.25) is 0 Å². The molecule has 4 heterocycles. The van der Waals surface area contributed by atoms with Crippen LogP contribution in [0.1, 0.15) is 5.56 Å². The van der Waals surface area contributed by atoms with E-state index in [4.69, 9.17) is 24.9 Å². The first-order chi connectivity index (χ1) is 25.2. The fourth-order valence-electron chi connectivity index (χ4n) is 6.86. The van der Waals surface area contributed by atoms with E-state index >= 15 is 0 Å². The molecule has 1 aliphatic heterocycles. The lowest BCUT2D eigenvalue weighted by Gasteiger charge is -2.31. The van der Waals surface area contributed by atoms with Crippen molar-refractivity contribution in [2.75, 3.05) is 4.90 Å². The number of hydrogen-bond donors (Lipinski definition) is 0. The summed E-state index contributed by atoms with van der Waals surface area (Å²) in [6.45, 7) is 7.86. The Hall–Kier alpha value is -7.05. The number of hydrogen-bond acceptors (Lipinski definition) is 6. The lowest BCUT2D eigenvalue weighted by atomic mass is 9.93. The largest absolute Gasteiger partial charge is 0.278 e. The Labute approximate surface area is 295 Å². The van der Waals surface area contributed by atoms with Crippen molar-refractivity contribution in [2.45, 2.75) is 0 Å². The predicted molar refractivity (Wildman–Crippen MR) is 209 cm³/mol. The molecular weight excluding hydrogens is 625 g/mol. The number of allylic oxidation sites excluding steroid dienone is 4. The molecule has 240 valence electrons. The SMILES string of the molecule is C=C/C=C(\C=C)c1cccc(-c2cnc3nc4c5c(cccc5c3c2)N(c2nc(-c3ccccc3)nc(-c3ccccc3)n2)c2ccccc2-4)c1. The third kappa shape index (κ3) is 5.18. The number of rotatable bonds is 7. The van der Waals surface area contributed by atoms with Crippen molar-refractivity contribution in [3.05, 3.63) is 177 Å². The van der Waals surface area contributed by atoms with Gasteiger partial charge in [0.25, 0.3) is 0 Å². The summed E-state index contributed by atoms with van der Waals surface area (Å²) >= 11 is 0. The zero-order valence-corrected chi connectivity index (χ0v) is 27.6. The maximum atomic E-state index is 5.23. The number of para-hydroxylation sites is 1. The van der Waals surface area contributed by atoms with Crippen LogP contribution in [0.3, 0.4) is 0 Å². The molecule has 0 bridgehead atoms. The summed E-state index contributed by atoms with van der Waals surface area (Å²) < 4.78 is 0. The van der Waals surface area contributed by atoms with Gasteiger partial charge < -0.3 is 0 Å². The maximum absolute atomic E-state index is 5.23. The van der Waals surface area contributed by atoms with E-state index in [1.165, 1.54) is 0 Å². The van der Waals surface area contributed by atoms with Gasteiger partial charge in [0.05, 0.1) is 17.1 Å².